The van der Waals surface area contributed by atoms with Crippen molar-refractivity contribution in [1.82, 2.24) is 4.90 Å². The van der Waals surface area contributed by atoms with Gasteiger partial charge in [-0.15, -0.1) is 0 Å². The molecule has 0 radical (unpaired) electrons. The van der Waals surface area contributed by atoms with Crippen molar-refractivity contribution in [3.05, 3.63) is 65.7 Å². The number of nitrogens with zero attached hydrogens (tertiary/aromatic N) is 1. The molecular weight excluding hydrogens is 266 g/mol. The number of phenols is 1. The molecule has 4 heteroatoms. The van der Waals surface area contributed by atoms with E-state index in [2.05, 4.69) is 0 Å². The molecule has 0 aliphatic carbocycles. The molecule has 0 aliphatic rings. The number of hydrogen-bond donors (Lipinski definition) is 2. The van der Waals surface area contributed by atoms with Gasteiger partial charge in [-0.2, -0.15) is 0 Å². The fraction of sp³-hybridized carbons (Fsp3) is 0.235. The first-order valence-corrected chi connectivity index (χ1v) is 6.85. The van der Waals surface area contributed by atoms with Gasteiger partial charge >= 0.3 is 0 Å². The minimum atomic E-state index is -0.203. The number of benzene rings is 2. The molecule has 0 spiro atoms. The molecule has 0 heterocycles. The van der Waals surface area contributed by atoms with E-state index >= 15 is 0 Å². The maximum atomic E-state index is 12.5. The zero-order valence-corrected chi connectivity index (χ0v) is 11.9. The third kappa shape index (κ3) is 3.61. The minimum absolute atomic E-state index is 0.00276. The number of phenolic OH excluding ortho intramolecular Hbond substituents is 1. The Hall–Kier alpha value is -2.33. The van der Waals surface area contributed by atoms with Gasteiger partial charge < -0.3 is 15.1 Å². The first kappa shape index (κ1) is 15.1. The molecule has 2 N–H and O–H groups in total. The molecule has 0 saturated carbocycles. The SMILES string of the molecule is CN(C(=O)c1cccc(O)c1)[C@H](CCO)c1ccccc1. The average molecular weight is 285 g/mol. The second-order valence-corrected chi connectivity index (χ2v) is 4.91. The summed E-state index contributed by atoms with van der Waals surface area (Å²) in [6.45, 7) is -0.00276. The Balaban J connectivity index is 2.26. The number of carbonyl (C=O) groups excluding carboxylic acids is 1. The monoisotopic (exact) mass is 285 g/mol. The summed E-state index contributed by atoms with van der Waals surface area (Å²) in [7, 11) is 1.71. The van der Waals surface area contributed by atoms with Gasteiger partial charge in [-0.25, -0.2) is 0 Å². The van der Waals surface area contributed by atoms with Crippen LogP contribution in [0.2, 0.25) is 0 Å². The molecule has 2 aromatic carbocycles. The highest BCUT2D eigenvalue weighted by Gasteiger charge is 2.22. The van der Waals surface area contributed by atoms with Gasteiger partial charge in [0.2, 0.25) is 0 Å². The molecule has 110 valence electrons. The summed E-state index contributed by atoms with van der Waals surface area (Å²) in [5, 5.41) is 18.8. The van der Waals surface area contributed by atoms with Crippen LogP contribution in [-0.2, 0) is 0 Å². The quantitative estimate of drug-likeness (QED) is 0.887. The highest BCUT2D eigenvalue weighted by atomic mass is 16.3. The number of rotatable bonds is 5. The van der Waals surface area contributed by atoms with Crippen molar-refractivity contribution in [3.63, 3.8) is 0 Å². The predicted molar refractivity (Wildman–Crippen MR) is 81.1 cm³/mol. The van der Waals surface area contributed by atoms with E-state index in [9.17, 15) is 15.0 Å². The Morgan fingerprint density at radius 3 is 2.48 bits per heavy atom. The van der Waals surface area contributed by atoms with Crippen LogP contribution in [0.25, 0.3) is 0 Å². The Labute approximate surface area is 124 Å². The first-order valence-electron chi connectivity index (χ1n) is 6.85. The summed E-state index contributed by atoms with van der Waals surface area (Å²) >= 11 is 0. The normalized spacial score (nSPS) is 11.9. The van der Waals surface area contributed by atoms with Gasteiger partial charge in [-0.1, -0.05) is 36.4 Å². The lowest BCUT2D eigenvalue weighted by Crippen LogP contribution is -2.31. The van der Waals surface area contributed by atoms with Gasteiger partial charge in [0.1, 0.15) is 5.75 Å². The van der Waals surface area contributed by atoms with E-state index in [0.29, 0.717) is 12.0 Å². The van der Waals surface area contributed by atoms with E-state index in [4.69, 9.17) is 0 Å². The number of aliphatic hydroxyl groups is 1. The lowest BCUT2D eigenvalue weighted by Gasteiger charge is -2.28. The van der Waals surface area contributed by atoms with Crippen LogP contribution in [0.3, 0.4) is 0 Å². The molecule has 2 rings (SSSR count). The Morgan fingerprint density at radius 1 is 1.14 bits per heavy atom. The zero-order chi connectivity index (χ0) is 15.2. The van der Waals surface area contributed by atoms with Gasteiger partial charge in [0.15, 0.2) is 0 Å². The molecule has 0 unspecified atom stereocenters. The van der Waals surface area contributed by atoms with E-state index < -0.39 is 0 Å². The summed E-state index contributed by atoms with van der Waals surface area (Å²) in [6, 6.07) is 15.7. The first-order chi connectivity index (χ1) is 10.1. The molecule has 21 heavy (non-hydrogen) atoms. The van der Waals surface area contributed by atoms with Gasteiger partial charge in [-0.3, -0.25) is 4.79 Å². The highest BCUT2D eigenvalue weighted by molar-refractivity contribution is 5.94. The molecule has 0 saturated heterocycles. The summed E-state index contributed by atoms with van der Waals surface area (Å²) in [6.07, 6.45) is 0.463. The van der Waals surface area contributed by atoms with Gasteiger partial charge in [0.05, 0.1) is 6.04 Å². The Bertz CT molecular complexity index is 598. The van der Waals surface area contributed by atoms with E-state index in [-0.39, 0.29) is 24.3 Å². The van der Waals surface area contributed by atoms with Gasteiger partial charge in [0, 0.05) is 19.2 Å². The van der Waals surface area contributed by atoms with Gasteiger partial charge in [-0.05, 0) is 30.2 Å². The predicted octanol–water partition coefficient (Wildman–Crippen LogP) is 2.59. The molecule has 1 atom stereocenters. The molecule has 2 aromatic rings. The van der Waals surface area contributed by atoms with Crippen LogP contribution in [0, 0.1) is 0 Å². The van der Waals surface area contributed by atoms with Gasteiger partial charge in [0.25, 0.3) is 5.91 Å². The standard InChI is InChI=1S/C17H19NO3/c1-18(17(21)14-8-5-9-15(20)12-14)16(10-11-19)13-6-3-2-4-7-13/h2-9,12,16,19-20H,10-11H2,1H3/t16-/m1/s1. The van der Waals surface area contributed by atoms with Crippen molar-refractivity contribution >= 4 is 5.91 Å². The van der Waals surface area contributed by atoms with Crippen LogP contribution in [0.4, 0.5) is 0 Å². The molecule has 0 bridgehead atoms. The minimum Gasteiger partial charge on any atom is -0.508 e. The molecule has 4 nitrogen and oxygen atoms in total. The van der Waals surface area contributed by atoms with Crippen LogP contribution >= 0.6 is 0 Å². The number of aliphatic hydroxyl groups excluding tert-OH is 1. The maximum absolute atomic E-state index is 12.5. The third-order valence-corrected chi connectivity index (χ3v) is 3.47. The van der Waals surface area contributed by atoms with Crippen molar-refractivity contribution in [1.29, 1.82) is 0 Å². The van der Waals surface area contributed by atoms with Crippen LogP contribution in [0.5, 0.6) is 5.75 Å². The summed E-state index contributed by atoms with van der Waals surface area (Å²) in [4.78, 5) is 14.1. The number of carbonyl (C=O) groups is 1. The zero-order valence-electron chi connectivity index (χ0n) is 11.9. The van der Waals surface area contributed by atoms with Crippen molar-refractivity contribution in [2.75, 3.05) is 13.7 Å². The van der Waals surface area contributed by atoms with E-state index in [0.717, 1.165) is 5.56 Å². The van der Waals surface area contributed by atoms with Crippen LogP contribution in [0.15, 0.2) is 54.6 Å². The van der Waals surface area contributed by atoms with E-state index in [1.807, 2.05) is 30.3 Å². The fourth-order valence-electron chi connectivity index (χ4n) is 2.37. The highest BCUT2D eigenvalue weighted by Crippen LogP contribution is 2.25. The van der Waals surface area contributed by atoms with E-state index in [1.54, 1.807) is 24.1 Å². The molecular formula is C17H19NO3. The van der Waals surface area contributed by atoms with Crippen LogP contribution < -0.4 is 0 Å². The molecule has 0 aliphatic heterocycles. The van der Waals surface area contributed by atoms with Crippen molar-refractivity contribution < 1.29 is 15.0 Å². The summed E-state index contributed by atoms with van der Waals surface area (Å²) in [5.74, 6) is -0.124. The fourth-order valence-corrected chi connectivity index (χ4v) is 2.37. The number of amides is 1. The molecule has 1 amide bonds. The second-order valence-electron chi connectivity index (χ2n) is 4.91. The smallest absolute Gasteiger partial charge is 0.254 e. The Morgan fingerprint density at radius 2 is 1.86 bits per heavy atom. The van der Waals surface area contributed by atoms with Crippen LogP contribution in [0.1, 0.15) is 28.4 Å². The molecule has 0 aromatic heterocycles. The summed E-state index contributed by atoms with van der Waals surface area (Å²) in [5.41, 5.74) is 1.40. The maximum Gasteiger partial charge on any atom is 0.254 e. The average Bonchev–Trinajstić information content (AvgIpc) is 2.52. The molecule has 0 fully saturated rings. The lowest BCUT2D eigenvalue weighted by molar-refractivity contribution is 0.0704. The second kappa shape index (κ2) is 6.90. The Kier molecular flexibility index (Phi) is 4.95. The van der Waals surface area contributed by atoms with Crippen molar-refractivity contribution in [3.8, 4) is 5.75 Å². The third-order valence-electron chi connectivity index (χ3n) is 3.47. The summed E-state index contributed by atoms with van der Waals surface area (Å²) < 4.78 is 0. The van der Waals surface area contributed by atoms with E-state index in [1.165, 1.54) is 12.1 Å². The van der Waals surface area contributed by atoms with Crippen molar-refractivity contribution in [2.24, 2.45) is 0 Å². The topological polar surface area (TPSA) is 60.8 Å². The van der Waals surface area contributed by atoms with Crippen molar-refractivity contribution in [2.45, 2.75) is 12.5 Å². The lowest BCUT2D eigenvalue weighted by atomic mass is 10.0. The number of aromatic hydroxyl groups is 1. The largest absolute Gasteiger partial charge is 0.508 e. The van der Waals surface area contributed by atoms with Crippen LogP contribution in [-0.4, -0.2) is 34.7 Å². The number of hydrogen-bond acceptors (Lipinski definition) is 3.